The normalized spacial score (nSPS) is 12.2. The van der Waals surface area contributed by atoms with E-state index in [9.17, 15) is 10.1 Å². The van der Waals surface area contributed by atoms with Gasteiger partial charge in [0.1, 0.15) is 17.4 Å². The van der Waals surface area contributed by atoms with Crippen LogP contribution in [0.5, 0.6) is 0 Å². The molecule has 0 aliphatic carbocycles. The van der Waals surface area contributed by atoms with E-state index in [4.69, 9.17) is 4.42 Å². The number of nitrogens with zero attached hydrogens (tertiary/aromatic N) is 1. The largest absolute Gasteiger partial charge is 0.466 e. The number of nitriles is 1. The van der Waals surface area contributed by atoms with Crippen LogP contribution in [0.4, 0.5) is 0 Å². The maximum Gasteiger partial charge on any atom is 0.187 e. The molecule has 2 aromatic rings. The number of benzene rings is 1. The van der Waals surface area contributed by atoms with Crippen LogP contribution in [0.25, 0.3) is 0 Å². The minimum atomic E-state index is -0.790. The number of aryl methyl sites for hydroxylation is 2. The molecule has 1 heterocycles. The lowest BCUT2D eigenvalue weighted by Gasteiger charge is -2.10. The molecule has 1 aromatic carbocycles. The van der Waals surface area contributed by atoms with Crippen LogP contribution in [0.15, 0.2) is 34.7 Å². The molecular weight excluding hydrogens is 262 g/mol. The number of hydrogen-bond donors (Lipinski definition) is 0. The Morgan fingerprint density at radius 2 is 1.71 bits per heavy atom. The van der Waals surface area contributed by atoms with E-state index in [1.54, 1.807) is 19.9 Å². The molecule has 3 heteroatoms. The van der Waals surface area contributed by atoms with Gasteiger partial charge in [-0.05, 0) is 37.0 Å². The molecule has 1 aromatic heterocycles. The Morgan fingerprint density at radius 3 is 2.14 bits per heavy atom. The number of rotatable bonds is 4. The standard InChI is InChI=1S/C18H19NO2/c1-11(2)14-5-7-15(8-6-14)17(10-19)18(20)16-9-12(3)21-13(16)4/h5-9,11,17H,1-4H3. The van der Waals surface area contributed by atoms with Crippen molar-refractivity contribution in [1.29, 1.82) is 5.26 Å². The lowest BCUT2D eigenvalue weighted by Crippen LogP contribution is -2.11. The van der Waals surface area contributed by atoms with E-state index >= 15 is 0 Å². The van der Waals surface area contributed by atoms with E-state index in [0.717, 1.165) is 5.56 Å². The third-order valence-electron chi connectivity index (χ3n) is 3.63. The summed E-state index contributed by atoms with van der Waals surface area (Å²) in [6.45, 7) is 7.76. The van der Waals surface area contributed by atoms with Gasteiger partial charge in [-0.25, -0.2) is 0 Å². The van der Waals surface area contributed by atoms with E-state index in [1.807, 2.05) is 24.3 Å². The molecule has 0 aliphatic rings. The van der Waals surface area contributed by atoms with Crippen molar-refractivity contribution in [2.75, 3.05) is 0 Å². The van der Waals surface area contributed by atoms with Crippen molar-refractivity contribution in [3.8, 4) is 6.07 Å². The van der Waals surface area contributed by atoms with E-state index in [1.165, 1.54) is 5.56 Å². The van der Waals surface area contributed by atoms with Gasteiger partial charge in [0.15, 0.2) is 5.78 Å². The van der Waals surface area contributed by atoms with E-state index in [0.29, 0.717) is 23.0 Å². The number of carbonyl (C=O) groups is 1. The average molecular weight is 281 g/mol. The molecule has 0 amide bonds. The molecule has 21 heavy (non-hydrogen) atoms. The van der Waals surface area contributed by atoms with Gasteiger partial charge in [-0.15, -0.1) is 0 Å². The van der Waals surface area contributed by atoms with E-state index < -0.39 is 5.92 Å². The second kappa shape index (κ2) is 5.97. The van der Waals surface area contributed by atoms with Gasteiger partial charge in [0.2, 0.25) is 0 Å². The lowest BCUT2D eigenvalue weighted by molar-refractivity contribution is 0.0977. The van der Waals surface area contributed by atoms with E-state index in [2.05, 4.69) is 19.9 Å². The van der Waals surface area contributed by atoms with Crippen molar-refractivity contribution < 1.29 is 9.21 Å². The zero-order chi connectivity index (χ0) is 15.6. The molecule has 0 saturated carbocycles. The van der Waals surface area contributed by atoms with Crippen molar-refractivity contribution in [2.24, 2.45) is 0 Å². The topological polar surface area (TPSA) is 54.0 Å². The zero-order valence-electron chi connectivity index (χ0n) is 12.8. The quantitative estimate of drug-likeness (QED) is 0.775. The molecule has 0 radical (unpaired) electrons. The Hall–Kier alpha value is -2.34. The Kier molecular flexibility index (Phi) is 4.28. The third-order valence-corrected chi connectivity index (χ3v) is 3.63. The van der Waals surface area contributed by atoms with Crippen molar-refractivity contribution >= 4 is 5.78 Å². The monoisotopic (exact) mass is 281 g/mol. The molecule has 0 saturated heterocycles. The molecule has 1 atom stereocenters. The predicted octanol–water partition coefficient (Wildman–Crippen LogP) is 4.51. The first-order valence-electron chi connectivity index (χ1n) is 7.04. The first-order valence-corrected chi connectivity index (χ1v) is 7.04. The van der Waals surface area contributed by atoms with E-state index in [-0.39, 0.29) is 5.78 Å². The van der Waals surface area contributed by atoms with Crippen molar-refractivity contribution in [2.45, 2.75) is 39.5 Å². The maximum atomic E-state index is 12.5. The summed E-state index contributed by atoms with van der Waals surface area (Å²) >= 11 is 0. The van der Waals surface area contributed by atoms with Crippen LogP contribution in [0.2, 0.25) is 0 Å². The van der Waals surface area contributed by atoms with Gasteiger partial charge in [-0.2, -0.15) is 5.26 Å². The van der Waals surface area contributed by atoms with Crippen molar-refractivity contribution in [3.05, 3.63) is 58.5 Å². The number of hydrogen-bond acceptors (Lipinski definition) is 3. The van der Waals surface area contributed by atoms with Crippen LogP contribution in [-0.4, -0.2) is 5.78 Å². The van der Waals surface area contributed by atoms with Crippen LogP contribution in [0.1, 0.15) is 58.7 Å². The minimum Gasteiger partial charge on any atom is -0.466 e. The number of furan rings is 1. The molecule has 0 N–H and O–H groups in total. The fourth-order valence-corrected chi connectivity index (χ4v) is 2.39. The van der Waals surface area contributed by atoms with Crippen LogP contribution >= 0.6 is 0 Å². The molecule has 0 spiro atoms. The summed E-state index contributed by atoms with van der Waals surface area (Å²) in [5, 5.41) is 9.39. The lowest BCUT2D eigenvalue weighted by atomic mass is 9.90. The second-order valence-electron chi connectivity index (χ2n) is 5.57. The number of ketones is 1. The number of Topliss-reactive ketones (excluding diaryl/α,β-unsaturated/α-hetero) is 1. The molecule has 108 valence electrons. The highest BCUT2D eigenvalue weighted by Crippen LogP contribution is 2.25. The fraction of sp³-hybridized carbons (Fsp3) is 0.333. The van der Waals surface area contributed by atoms with Crippen LogP contribution in [0.3, 0.4) is 0 Å². The Morgan fingerprint density at radius 1 is 1.14 bits per heavy atom. The number of carbonyl (C=O) groups excluding carboxylic acids is 1. The van der Waals surface area contributed by atoms with Crippen LogP contribution in [0, 0.1) is 25.2 Å². The summed E-state index contributed by atoms with van der Waals surface area (Å²) in [6.07, 6.45) is 0. The van der Waals surface area contributed by atoms with Gasteiger partial charge in [0, 0.05) is 0 Å². The van der Waals surface area contributed by atoms with Crippen LogP contribution in [-0.2, 0) is 0 Å². The minimum absolute atomic E-state index is 0.204. The van der Waals surface area contributed by atoms with Gasteiger partial charge in [-0.3, -0.25) is 4.79 Å². The first kappa shape index (κ1) is 15.1. The molecule has 0 bridgehead atoms. The molecule has 2 rings (SSSR count). The third kappa shape index (κ3) is 3.05. The Bertz CT molecular complexity index is 687. The van der Waals surface area contributed by atoms with Gasteiger partial charge >= 0.3 is 0 Å². The van der Waals surface area contributed by atoms with Crippen molar-refractivity contribution in [3.63, 3.8) is 0 Å². The summed E-state index contributed by atoms with van der Waals surface area (Å²) in [4.78, 5) is 12.5. The maximum absolute atomic E-state index is 12.5. The van der Waals surface area contributed by atoms with Gasteiger partial charge in [-0.1, -0.05) is 38.1 Å². The molecule has 3 nitrogen and oxygen atoms in total. The molecular formula is C18H19NO2. The summed E-state index contributed by atoms with van der Waals surface area (Å²) < 4.78 is 5.39. The summed E-state index contributed by atoms with van der Waals surface area (Å²) in [5.74, 6) is 0.680. The summed E-state index contributed by atoms with van der Waals surface area (Å²) in [6, 6.07) is 11.5. The first-order chi connectivity index (χ1) is 9.93. The Labute approximate surface area is 125 Å². The Balaban J connectivity index is 2.33. The highest BCUT2D eigenvalue weighted by atomic mass is 16.3. The zero-order valence-corrected chi connectivity index (χ0v) is 12.8. The molecule has 0 aliphatic heterocycles. The second-order valence-corrected chi connectivity index (χ2v) is 5.57. The molecule has 1 unspecified atom stereocenters. The summed E-state index contributed by atoms with van der Waals surface area (Å²) in [7, 11) is 0. The van der Waals surface area contributed by atoms with Gasteiger partial charge in [0.05, 0.1) is 11.6 Å². The average Bonchev–Trinajstić information content (AvgIpc) is 2.79. The summed E-state index contributed by atoms with van der Waals surface area (Å²) in [5.41, 5.74) is 2.41. The smallest absolute Gasteiger partial charge is 0.187 e. The highest BCUT2D eigenvalue weighted by molar-refractivity contribution is 6.03. The van der Waals surface area contributed by atoms with Crippen LogP contribution < -0.4 is 0 Å². The van der Waals surface area contributed by atoms with Crippen molar-refractivity contribution in [1.82, 2.24) is 0 Å². The van der Waals surface area contributed by atoms with Gasteiger partial charge < -0.3 is 4.42 Å². The molecule has 0 fully saturated rings. The van der Waals surface area contributed by atoms with Gasteiger partial charge in [0.25, 0.3) is 0 Å². The predicted molar refractivity (Wildman–Crippen MR) is 81.4 cm³/mol. The highest BCUT2D eigenvalue weighted by Gasteiger charge is 2.25. The SMILES string of the molecule is Cc1cc(C(=O)C(C#N)c2ccc(C(C)C)cc2)c(C)o1. The fourth-order valence-electron chi connectivity index (χ4n) is 2.39.